The second-order valence-corrected chi connectivity index (χ2v) is 9.44. The van der Waals surface area contributed by atoms with Crippen LogP contribution in [0.1, 0.15) is 60.1 Å². The zero-order valence-electron chi connectivity index (χ0n) is 16.9. The van der Waals surface area contributed by atoms with E-state index in [0.29, 0.717) is 21.1 Å². The first-order valence-electron chi connectivity index (χ1n) is 9.53. The van der Waals surface area contributed by atoms with Crippen LogP contribution < -0.4 is 11.1 Å². The minimum atomic E-state index is -0.409. The molecular formula is C21H23N3O3S2. The zero-order valence-corrected chi connectivity index (χ0v) is 18.5. The third-order valence-corrected chi connectivity index (χ3v) is 7.98. The van der Waals surface area contributed by atoms with E-state index in [-0.39, 0.29) is 5.91 Å². The fraction of sp³-hybridized carbons (Fsp3) is 0.381. The number of carbonyl (C=O) groups excluding carboxylic acids is 2. The fourth-order valence-corrected chi connectivity index (χ4v) is 6.24. The third-order valence-electron chi connectivity index (χ3n) is 5.67. The topological polar surface area (TPSA) is 94.3 Å². The highest BCUT2D eigenvalue weighted by atomic mass is 32.1. The van der Waals surface area contributed by atoms with E-state index in [0.717, 1.165) is 63.2 Å². The Morgan fingerprint density at radius 2 is 1.83 bits per heavy atom. The van der Waals surface area contributed by atoms with Crippen LogP contribution in [-0.4, -0.2) is 24.0 Å². The van der Waals surface area contributed by atoms with Crippen molar-refractivity contribution < 1.29 is 14.3 Å². The molecule has 29 heavy (non-hydrogen) atoms. The predicted molar refractivity (Wildman–Crippen MR) is 118 cm³/mol. The molecule has 1 amide bonds. The summed E-state index contributed by atoms with van der Waals surface area (Å²) in [5.41, 5.74) is 11.3. The average Bonchev–Trinajstić information content (AvgIpc) is 3.22. The molecule has 0 saturated carbocycles. The number of amides is 1. The van der Waals surface area contributed by atoms with Crippen molar-refractivity contribution in [3.8, 4) is 0 Å². The van der Waals surface area contributed by atoms with Crippen LogP contribution in [0, 0.1) is 20.8 Å². The standard InChI is InChI=1S/C21H23N3O3S2/c1-9-10(2)14-16(22)17(29-19(14)23-11(9)3)18(25)24-20-15(21(26)27-4)12-7-5-6-8-13(12)28-20/h5-8,22H2,1-4H3,(H,24,25). The van der Waals surface area contributed by atoms with Crippen molar-refractivity contribution >= 4 is 55.5 Å². The quantitative estimate of drug-likeness (QED) is 0.584. The van der Waals surface area contributed by atoms with Gasteiger partial charge in [0.1, 0.15) is 14.7 Å². The van der Waals surface area contributed by atoms with Crippen molar-refractivity contribution in [1.29, 1.82) is 0 Å². The zero-order chi connectivity index (χ0) is 20.9. The number of thiophene rings is 2. The molecule has 8 heteroatoms. The van der Waals surface area contributed by atoms with Gasteiger partial charge in [-0.2, -0.15) is 0 Å². The Kier molecular flexibility index (Phi) is 5.08. The molecule has 3 N–H and O–H groups in total. The molecule has 152 valence electrons. The van der Waals surface area contributed by atoms with Crippen LogP contribution in [-0.2, 0) is 17.6 Å². The summed E-state index contributed by atoms with van der Waals surface area (Å²) in [5, 5.41) is 4.31. The number of pyridine rings is 1. The number of nitrogens with zero attached hydrogens (tertiary/aromatic N) is 1. The SMILES string of the molecule is COC(=O)c1c(NC(=O)c2sc3nc(C)c(C)c(C)c3c2N)sc2c1CCCC2. The van der Waals surface area contributed by atoms with Crippen LogP contribution in [0.4, 0.5) is 10.7 Å². The summed E-state index contributed by atoms with van der Waals surface area (Å²) in [4.78, 5) is 32.5. The van der Waals surface area contributed by atoms with Crippen LogP contribution >= 0.6 is 22.7 Å². The first-order valence-corrected chi connectivity index (χ1v) is 11.2. The van der Waals surface area contributed by atoms with E-state index in [4.69, 9.17) is 10.5 Å². The van der Waals surface area contributed by atoms with Gasteiger partial charge in [-0.3, -0.25) is 4.79 Å². The van der Waals surface area contributed by atoms with Gasteiger partial charge in [0, 0.05) is 16.0 Å². The van der Waals surface area contributed by atoms with E-state index >= 15 is 0 Å². The largest absolute Gasteiger partial charge is 0.465 e. The van der Waals surface area contributed by atoms with Crippen LogP contribution in [0.25, 0.3) is 10.2 Å². The lowest BCUT2D eigenvalue weighted by atomic mass is 9.95. The maximum Gasteiger partial charge on any atom is 0.341 e. The van der Waals surface area contributed by atoms with Gasteiger partial charge in [0.15, 0.2) is 0 Å². The molecule has 4 rings (SSSR count). The molecular weight excluding hydrogens is 406 g/mol. The lowest BCUT2D eigenvalue weighted by Crippen LogP contribution is -2.15. The van der Waals surface area contributed by atoms with Gasteiger partial charge in [0.05, 0.1) is 18.4 Å². The molecule has 0 unspecified atom stereocenters. The number of esters is 1. The molecule has 0 atom stereocenters. The van der Waals surface area contributed by atoms with Gasteiger partial charge in [-0.15, -0.1) is 22.7 Å². The Morgan fingerprint density at radius 3 is 2.55 bits per heavy atom. The number of anilines is 2. The Hall–Kier alpha value is -2.45. The van der Waals surface area contributed by atoms with Crippen molar-refractivity contribution in [2.75, 3.05) is 18.2 Å². The molecule has 0 fully saturated rings. The van der Waals surface area contributed by atoms with Gasteiger partial charge >= 0.3 is 5.97 Å². The molecule has 0 bridgehead atoms. The summed E-state index contributed by atoms with van der Waals surface area (Å²) in [6.07, 6.45) is 3.88. The van der Waals surface area contributed by atoms with E-state index in [1.165, 1.54) is 29.8 Å². The highest BCUT2D eigenvalue weighted by molar-refractivity contribution is 7.21. The molecule has 3 aromatic heterocycles. The molecule has 6 nitrogen and oxygen atoms in total. The molecule has 0 radical (unpaired) electrons. The number of nitrogens with one attached hydrogen (secondary N) is 1. The Balaban J connectivity index is 1.76. The van der Waals surface area contributed by atoms with Gasteiger partial charge in [0.25, 0.3) is 5.91 Å². The van der Waals surface area contributed by atoms with E-state index < -0.39 is 5.97 Å². The number of methoxy groups -OCH3 is 1. The number of fused-ring (bicyclic) bond motifs is 2. The number of ether oxygens (including phenoxy) is 1. The number of nitrogen functional groups attached to an aromatic ring is 1. The average molecular weight is 430 g/mol. The van der Waals surface area contributed by atoms with E-state index in [1.807, 2.05) is 20.8 Å². The van der Waals surface area contributed by atoms with Gasteiger partial charge in [-0.25, -0.2) is 9.78 Å². The van der Waals surface area contributed by atoms with Crippen molar-refractivity contribution in [1.82, 2.24) is 4.98 Å². The second-order valence-electron chi connectivity index (χ2n) is 7.33. The van der Waals surface area contributed by atoms with E-state index in [9.17, 15) is 9.59 Å². The molecule has 0 aliphatic heterocycles. The highest BCUT2D eigenvalue weighted by Gasteiger charge is 2.28. The normalized spacial score (nSPS) is 13.4. The number of carbonyl (C=O) groups is 2. The summed E-state index contributed by atoms with van der Waals surface area (Å²) in [5.74, 6) is -0.725. The summed E-state index contributed by atoms with van der Waals surface area (Å²) in [6, 6.07) is 0. The van der Waals surface area contributed by atoms with Gasteiger partial charge in [0.2, 0.25) is 0 Å². The predicted octanol–water partition coefficient (Wildman–Crippen LogP) is 4.78. The highest BCUT2D eigenvalue weighted by Crippen LogP contribution is 2.40. The van der Waals surface area contributed by atoms with Crippen LogP contribution in [0.3, 0.4) is 0 Å². The van der Waals surface area contributed by atoms with Gasteiger partial charge in [-0.1, -0.05) is 0 Å². The first kappa shape index (κ1) is 19.8. The summed E-state index contributed by atoms with van der Waals surface area (Å²) >= 11 is 2.75. The Bertz CT molecular complexity index is 1160. The minimum absolute atomic E-state index is 0.316. The van der Waals surface area contributed by atoms with E-state index in [2.05, 4.69) is 10.3 Å². The number of hydrogen-bond donors (Lipinski definition) is 2. The lowest BCUT2D eigenvalue weighted by molar-refractivity contribution is 0.0601. The van der Waals surface area contributed by atoms with Crippen molar-refractivity contribution in [3.05, 3.63) is 37.7 Å². The Labute approximate surface area is 177 Å². The van der Waals surface area contributed by atoms with Gasteiger partial charge in [-0.05, 0) is 63.1 Å². The third kappa shape index (κ3) is 3.20. The van der Waals surface area contributed by atoms with Crippen LogP contribution in [0.5, 0.6) is 0 Å². The number of nitrogens with two attached hydrogens (primary N) is 1. The number of aromatic nitrogens is 1. The number of hydrogen-bond acceptors (Lipinski definition) is 7. The van der Waals surface area contributed by atoms with Crippen molar-refractivity contribution in [2.24, 2.45) is 0 Å². The van der Waals surface area contributed by atoms with E-state index in [1.54, 1.807) is 0 Å². The number of rotatable bonds is 3. The molecule has 3 heterocycles. The molecule has 1 aliphatic rings. The molecule has 1 aliphatic carbocycles. The summed E-state index contributed by atoms with van der Waals surface area (Å²) < 4.78 is 4.99. The second kappa shape index (κ2) is 7.42. The monoisotopic (exact) mass is 429 g/mol. The fourth-order valence-electron chi connectivity index (χ4n) is 3.87. The van der Waals surface area contributed by atoms with Gasteiger partial charge < -0.3 is 15.8 Å². The molecule has 0 aromatic carbocycles. The van der Waals surface area contributed by atoms with Crippen molar-refractivity contribution in [2.45, 2.75) is 46.5 Å². The maximum atomic E-state index is 13.1. The molecule has 3 aromatic rings. The van der Waals surface area contributed by atoms with Crippen molar-refractivity contribution in [3.63, 3.8) is 0 Å². The smallest absolute Gasteiger partial charge is 0.341 e. The molecule has 0 saturated heterocycles. The minimum Gasteiger partial charge on any atom is -0.465 e. The summed E-state index contributed by atoms with van der Waals surface area (Å²) in [7, 11) is 1.36. The van der Waals surface area contributed by atoms with Crippen LogP contribution in [0.15, 0.2) is 0 Å². The summed E-state index contributed by atoms with van der Waals surface area (Å²) in [6.45, 7) is 5.96. The maximum absolute atomic E-state index is 13.1. The lowest BCUT2D eigenvalue weighted by Gasteiger charge is -2.11. The first-order chi connectivity index (χ1) is 13.8. The molecule has 0 spiro atoms. The van der Waals surface area contributed by atoms with Crippen LogP contribution in [0.2, 0.25) is 0 Å². The Morgan fingerprint density at radius 1 is 1.10 bits per heavy atom. The number of aryl methyl sites for hydroxylation is 3.